The zero-order chi connectivity index (χ0) is 15.5. The lowest BCUT2D eigenvalue weighted by atomic mass is 10.0. The number of rotatable bonds is 6. The quantitative estimate of drug-likeness (QED) is 0.683. The first kappa shape index (κ1) is 18.3. The van der Waals surface area contributed by atoms with Gasteiger partial charge in [0.15, 0.2) is 0 Å². The Morgan fingerprint density at radius 2 is 0.737 bits per heavy atom. The summed E-state index contributed by atoms with van der Waals surface area (Å²) in [4.78, 5) is 0. The van der Waals surface area contributed by atoms with Crippen LogP contribution in [-0.2, 0) is 4.74 Å². The number of hydrogen-bond donors (Lipinski definition) is 0. The van der Waals surface area contributed by atoms with E-state index in [9.17, 15) is 43.9 Å². The number of halogens is 10. The molecule has 0 unspecified atom stereocenters. The predicted molar refractivity (Wildman–Crippen MR) is 42.6 cm³/mol. The second kappa shape index (κ2) is 5.71. The van der Waals surface area contributed by atoms with E-state index in [1.807, 2.05) is 0 Å². The maximum Gasteiger partial charge on any atom is 0.422 e. The molecule has 0 spiro atoms. The monoisotopic (exact) mass is 310 g/mol. The first-order valence-electron chi connectivity index (χ1n) is 4.53. The molecular weight excluding hydrogens is 302 g/mol. The summed E-state index contributed by atoms with van der Waals surface area (Å²) in [5, 5.41) is 0. The van der Waals surface area contributed by atoms with Gasteiger partial charge < -0.3 is 4.74 Å². The fraction of sp³-hybridized carbons (Fsp3) is 1.00. The molecule has 0 aromatic carbocycles. The van der Waals surface area contributed by atoms with Crippen molar-refractivity contribution in [3.8, 4) is 0 Å². The molecule has 1 nitrogen and oxygen atoms in total. The van der Waals surface area contributed by atoms with Crippen molar-refractivity contribution in [3.05, 3.63) is 0 Å². The molecule has 116 valence electrons. The van der Waals surface area contributed by atoms with Gasteiger partial charge in [-0.3, -0.25) is 0 Å². The smallest absolute Gasteiger partial charge is 0.339 e. The summed E-state index contributed by atoms with van der Waals surface area (Å²) in [6.07, 6.45) is -11.8. The Kier molecular flexibility index (Phi) is 5.49. The van der Waals surface area contributed by atoms with Crippen LogP contribution >= 0.6 is 0 Å². The molecule has 0 radical (unpaired) electrons. The number of alkyl halides is 10. The Bertz CT molecular complexity index is 246. The fourth-order valence-electron chi connectivity index (χ4n) is 0.973. The topological polar surface area (TPSA) is 9.23 Å². The highest BCUT2D eigenvalue weighted by Crippen LogP contribution is 2.43. The second-order valence-electron chi connectivity index (χ2n) is 3.62. The molecule has 11 heteroatoms. The zero-order valence-electron chi connectivity index (χ0n) is 9.02. The summed E-state index contributed by atoms with van der Waals surface area (Å²) < 4.78 is 127. The van der Waals surface area contributed by atoms with Gasteiger partial charge in [0.25, 0.3) is 0 Å². The highest BCUT2D eigenvalue weighted by atomic mass is 19.4. The van der Waals surface area contributed by atoms with Crippen molar-refractivity contribution in [2.45, 2.75) is 23.6 Å². The first-order valence-corrected chi connectivity index (χ1v) is 4.53. The van der Waals surface area contributed by atoms with Crippen molar-refractivity contribution in [1.29, 1.82) is 0 Å². The Morgan fingerprint density at radius 3 is 0.842 bits per heavy atom. The van der Waals surface area contributed by atoms with Gasteiger partial charge >= 0.3 is 12.4 Å². The van der Waals surface area contributed by atoms with Crippen LogP contribution in [0.25, 0.3) is 0 Å². The normalized spacial score (nSPS) is 14.8. The van der Waals surface area contributed by atoms with E-state index < -0.39 is 50.3 Å². The molecule has 0 saturated carbocycles. The lowest BCUT2D eigenvalue weighted by molar-refractivity contribution is -0.374. The fourth-order valence-corrected chi connectivity index (χ4v) is 0.973. The van der Waals surface area contributed by atoms with Crippen molar-refractivity contribution >= 4 is 0 Å². The second-order valence-corrected chi connectivity index (χ2v) is 3.62. The largest absolute Gasteiger partial charge is 0.422 e. The third kappa shape index (κ3) is 3.23. The van der Waals surface area contributed by atoms with Gasteiger partial charge in [0.1, 0.15) is 26.7 Å². The third-order valence-corrected chi connectivity index (χ3v) is 2.29. The first-order chi connectivity index (χ1) is 8.45. The molecule has 0 saturated heterocycles. The van der Waals surface area contributed by atoms with E-state index in [0.29, 0.717) is 0 Å². The minimum atomic E-state index is -5.92. The van der Waals surface area contributed by atoms with Crippen LogP contribution in [0.2, 0.25) is 0 Å². The van der Waals surface area contributed by atoms with Crippen molar-refractivity contribution in [2.75, 3.05) is 26.7 Å². The van der Waals surface area contributed by atoms with Crippen LogP contribution < -0.4 is 0 Å². The maximum absolute atomic E-state index is 12.3. The summed E-state index contributed by atoms with van der Waals surface area (Å²) in [6, 6.07) is 0. The van der Waals surface area contributed by atoms with Crippen LogP contribution in [0.5, 0.6) is 0 Å². The summed E-state index contributed by atoms with van der Waals surface area (Å²) in [5.74, 6) is 0. The van der Waals surface area contributed by atoms with Crippen molar-refractivity contribution in [1.82, 2.24) is 0 Å². The lowest BCUT2D eigenvalue weighted by Crippen LogP contribution is -2.63. The van der Waals surface area contributed by atoms with Gasteiger partial charge in [-0.15, -0.1) is 0 Å². The molecule has 0 bridgehead atoms. The van der Waals surface area contributed by atoms with Crippen LogP contribution in [-0.4, -0.2) is 50.3 Å². The van der Waals surface area contributed by atoms with Gasteiger partial charge in [-0.05, 0) is 0 Å². The van der Waals surface area contributed by atoms with Crippen LogP contribution in [0.1, 0.15) is 0 Å². The minimum Gasteiger partial charge on any atom is -0.339 e. The summed E-state index contributed by atoms with van der Waals surface area (Å²) in [5.41, 5.74) is -9.14. The minimum absolute atomic E-state index is 2.76. The van der Waals surface area contributed by atoms with E-state index in [4.69, 9.17) is 0 Å². The molecule has 0 aromatic heterocycles. The van der Waals surface area contributed by atoms with Crippen molar-refractivity contribution in [3.63, 3.8) is 0 Å². The lowest BCUT2D eigenvalue weighted by Gasteiger charge is -2.40. The van der Waals surface area contributed by atoms with Gasteiger partial charge in [0, 0.05) is 0 Å². The van der Waals surface area contributed by atoms with Gasteiger partial charge in [-0.25, -0.2) is 17.6 Å². The average molecular weight is 310 g/mol. The Balaban J connectivity index is 5.66. The molecule has 0 rings (SSSR count). The van der Waals surface area contributed by atoms with Crippen molar-refractivity contribution in [2.24, 2.45) is 0 Å². The van der Waals surface area contributed by atoms with Gasteiger partial charge in [0.05, 0.1) is 0 Å². The van der Waals surface area contributed by atoms with Gasteiger partial charge in [-0.2, -0.15) is 26.3 Å². The van der Waals surface area contributed by atoms with E-state index in [-0.39, 0.29) is 0 Å². The van der Waals surface area contributed by atoms with E-state index in [0.717, 1.165) is 0 Å². The molecule has 0 aromatic rings. The van der Waals surface area contributed by atoms with Gasteiger partial charge in [-0.1, -0.05) is 0 Å². The van der Waals surface area contributed by atoms with E-state index in [1.54, 1.807) is 0 Å². The molecule has 0 fully saturated rings. The van der Waals surface area contributed by atoms with Gasteiger partial charge in [0.2, 0.25) is 11.2 Å². The standard InChI is InChI=1S/C8H8F10O/c9-1-5(2-10,7(13,14)15)19-6(3-11,4-12)8(16,17)18/h1-4H2. The molecule has 0 N–H and O–H groups in total. The summed E-state index contributed by atoms with van der Waals surface area (Å²) in [7, 11) is 0. The molecule has 0 aliphatic heterocycles. The average Bonchev–Trinajstić information content (AvgIpc) is 2.28. The van der Waals surface area contributed by atoms with Crippen molar-refractivity contribution < 1.29 is 48.6 Å². The Labute approximate surface area is 100 Å². The molecule has 0 aliphatic carbocycles. The van der Waals surface area contributed by atoms with Crippen LogP contribution in [0.15, 0.2) is 0 Å². The Morgan fingerprint density at radius 1 is 0.526 bits per heavy atom. The molecule has 0 amide bonds. The van der Waals surface area contributed by atoms with E-state index in [1.165, 1.54) is 0 Å². The molecule has 0 heterocycles. The highest BCUT2D eigenvalue weighted by Gasteiger charge is 2.67. The molecular formula is C8H8F10O. The maximum atomic E-state index is 12.3. The predicted octanol–water partition coefficient (Wildman–Crippen LogP) is 3.48. The van der Waals surface area contributed by atoms with Crippen LogP contribution in [0.4, 0.5) is 43.9 Å². The third-order valence-electron chi connectivity index (χ3n) is 2.29. The molecule has 0 atom stereocenters. The number of hydrogen-bond acceptors (Lipinski definition) is 1. The molecule has 19 heavy (non-hydrogen) atoms. The summed E-state index contributed by atoms with van der Waals surface area (Å²) in [6.45, 7) is -11.0. The Hall–Kier alpha value is -0.740. The summed E-state index contributed by atoms with van der Waals surface area (Å²) >= 11 is 0. The number of ether oxygens (including phenoxy) is 1. The van der Waals surface area contributed by atoms with Crippen LogP contribution in [0, 0.1) is 0 Å². The highest BCUT2D eigenvalue weighted by molar-refractivity contribution is 4.97. The van der Waals surface area contributed by atoms with E-state index >= 15 is 0 Å². The molecule has 0 aliphatic rings. The van der Waals surface area contributed by atoms with Crippen LogP contribution in [0.3, 0.4) is 0 Å². The zero-order valence-corrected chi connectivity index (χ0v) is 9.02. The SMILES string of the molecule is FCC(CF)(OC(CF)(CF)C(F)(F)F)C(F)(F)F. The van der Waals surface area contributed by atoms with E-state index in [2.05, 4.69) is 4.74 Å².